The van der Waals surface area contributed by atoms with E-state index in [4.69, 9.17) is 21.1 Å². The summed E-state index contributed by atoms with van der Waals surface area (Å²) in [6.07, 6.45) is 2.17. The summed E-state index contributed by atoms with van der Waals surface area (Å²) in [7, 11) is 0. The van der Waals surface area contributed by atoms with Gasteiger partial charge in [0.1, 0.15) is 11.6 Å². The normalized spacial score (nSPS) is 12.6. The van der Waals surface area contributed by atoms with Crippen LogP contribution in [0.15, 0.2) is 48.0 Å². The number of nitrogens with one attached hydrogen (secondary N) is 1. The number of ether oxygens (including phenoxy) is 2. The third kappa shape index (κ3) is 4.11. The summed E-state index contributed by atoms with van der Waals surface area (Å²) < 4.78 is 10.5. The number of hydrogen-bond donors (Lipinski definition) is 1. The summed E-state index contributed by atoms with van der Waals surface area (Å²) >= 11 is 6.11. The maximum Gasteiger partial charge on any atom is 0.261 e. The standard InChI is InChI=1S/C19H15ClN2O3/c20-16-9-14(10-17-18(16)25-12-24-17)8-15(11-21)19(23)22-7-6-13-4-2-1-3-5-13/h1-5,8-10H,6-7,12H2,(H,22,23)/b15-8+. The highest BCUT2D eigenvalue weighted by atomic mass is 35.5. The Morgan fingerprint density at radius 3 is 2.84 bits per heavy atom. The fraction of sp³-hybridized carbons (Fsp3) is 0.158. The molecule has 25 heavy (non-hydrogen) atoms. The molecule has 6 heteroatoms. The number of benzene rings is 2. The zero-order valence-electron chi connectivity index (χ0n) is 13.3. The van der Waals surface area contributed by atoms with E-state index in [2.05, 4.69) is 5.32 Å². The van der Waals surface area contributed by atoms with E-state index < -0.39 is 5.91 Å². The second-order valence-corrected chi connectivity index (χ2v) is 5.81. The minimum Gasteiger partial charge on any atom is -0.454 e. The third-order valence-corrected chi connectivity index (χ3v) is 3.95. The molecule has 2 aromatic rings. The van der Waals surface area contributed by atoms with E-state index >= 15 is 0 Å². The lowest BCUT2D eigenvalue weighted by Gasteiger charge is -2.05. The Morgan fingerprint density at radius 1 is 1.28 bits per heavy atom. The van der Waals surface area contributed by atoms with Crippen molar-refractivity contribution in [2.45, 2.75) is 6.42 Å². The van der Waals surface area contributed by atoms with E-state index in [1.165, 1.54) is 6.08 Å². The van der Waals surface area contributed by atoms with Crippen LogP contribution in [0.1, 0.15) is 11.1 Å². The first-order chi connectivity index (χ1) is 12.2. The van der Waals surface area contributed by atoms with Gasteiger partial charge in [0.15, 0.2) is 11.5 Å². The van der Waals surface area contributed by atoms with Crippen LogP contribution < -0.4 is 14.8 Å². The van der Waals surface area contributed by atoms with Crippen LogP contribution in [0.2, 0.25) is 5.02 Å². The molecule has 1 aliphatic heterocycles. The molecule has 3 rings (SSSR count). The van der Waals surface area contributed by atoms with Gasteiger partial charge in [0, 0.05) is 6.54 Å². The number of halogens is 1. The molecule has 0 fully saturated rings. The van der Waals surface area contributed by atoms with Crippen molar-refractivity contribution in [1.82, 2.24) is 5.32 Å². The number of nitriles is 1. The fourth-order valence-corrected chi connectivity index (χ4v) is 2.72. The topological polar surface area (TPSA) is 71.3 Å². The Morgan fingerprint density at radius 2 is 2.08 bits per heavy atom. The second kappa shape index (κ2) is 7.73. The Balaban J connectivity index is 1.67. The predicted molar refractivity (Wildman–Crippen MR) is 94.3 cm³/mol. The quantitative estimate of drug-likeness (QED) is 0.660. The summed E-state index contributed by atoms with van der Waals surface area (Å²) in [5.41, 5.74) is 1.72. The molecule has 1 aliphatic rings. The first-order valence-electron chi connectivity index (χ1n) is 7.70. The average molecular weight is 355 g/mol. The Labute approximate surface area is 150 Å². The van der Waals surface area contributed by atoms with Gasteiger partial charge in [-0.15, -0.1) is 0 Å². The molecular formula is C19H15ClN2O3. The van der Waals surface area contributed by atoms with Crippen molar-refractivity contribution in [3.63, 3.8) is 0 Å². The average Bonchev–Trinajstić information content (AvgIpc) is 3.09. The molecule has 0 saturated carbocycles. The highest BCUT2D eigenvalue weighted by Gasteiger charge is 2.18. The molecule has 126 valence electrons. The van der Waals surface area contributed by atoms with Crippen LogP contribution in [0.25, 0.3) is 6.08 Å². The molecule has 1 N–H and O–H groups in total. The first kappa shape index (κ1) is 16.9. The Hall–Kier alpha value is -2.97. The van der Waals surface area contributed by atoms with Crippen LogP contribution in [0.4, 0.5) is 0 Å². The number of carbonyl (C=O) groups is 1. The zero-order chi connectivity index (χ0) is 17.6. The molecular weight excluding hydrogens is 340 g/mol. The van der Waals surface area contributed by atoms with Gasteiger partial charge in [0.25, 0.3) is 5.91 Å². The number of carbonyl (C=O) groups excluding carboxylic acids is 1. The maximum atomic E-state index is 12.2. The van der Waals surface area contributed by atoms with Gasteiger partial charge in [-0.05, 0) is 35.8 Å². The Bertz CT molecular complexity index is 857. The molecule has 5 nitrogen and oxygen atoms in total. The highest BCUT2D eigenvalue weighted by Crippen LogP contribution is 2.40. The van der Waals surface area contributed by atoms with Gasteiger partial charge >= 0.3 is 0 Å². The highest BCUT2D eigenvalue weighted by molar-refractivity contribution is 6.32. The number of amides is 1. The first-order valence-corrected chi connectivity index (χ1v) is 8.08. The zero-order valence-corrected chi connectivity index (χ0v) is 14.0. The minimum absolute atomic E-state index is 0.00277. The van der Waals surface area contributed by atoms with Crippen molar-refractivity contribution in [2.24, 2.45) is 0 Å². The largest absolute Gasteiger partial charge is 0.454 e. The molecule has 0 spiro atoms. The molecule has 0 aromatic heterocycles. The SMILES string of the molecule is N#C/C(=C\c1cc(Cl)c2c(c1)OCO2)C(=O)NCCc1ccccc1. The number of nitrogens with zero attached hydrogens (tertiary/aromatic N) is 1. The molecule has 0 radical (unpaired) electrons. The van der Waals surface area contributed by atoms with E-state index in [9.17, 15) is 10.1 Å². The van der Waals surface area contributed by atoms with Crippen molar-refractivity contribution in [3.8, 4) is 17.6 Å². The van der Waals surface area contributed by atoms with Gasteiger partial charge in [0.2, 0.25) is 6.79 Å². The molecule has 2 aromatic carbocycles. The third-order valence-electron chi connectivity index (χ3n) is 3.67. The number of fused-ring (bicyclic) bond motifs is 1. The van der Waals surface area contributed by atoms with Crippen LogP contribution in [0, 0.1) is 11.3 Å². The van der Waals surface area contributed by atoms with Gasteiger partial charge in [0.05, 0.1) is 5.02 Å². The summed E-state index contributed by atoms with van der Waals surface area (Å²) in [4.78, 5) is 12.2. The molecule has 0 bridgehead atoms. The number of rotatable bonds is 5. The fourth-order valence-electron chi connectivity index (χ4n) is 2.45. The molecule has 0 unspecified atom stereocenters. The summed E-state index contributed by atoms with van der Waals surface area (Å²) in [5, 5.41) is 12.4. The maximum absolute atomic E-state index is 12.2. The lowest BCUT2D eigenvalue weighted by molar-refractivity contribution is -0.117. The van der Waals surface area contributed by atoms with Crippen LogP contribution >= 0.6 is 11.6 Å². The minimum atomic E-state index is -0.424. The summed E-state index contributed by atoms with van der Waals surface area (Å²) in [6, 6.07) is 15.0. The van der Waals surface area contributed by atoms with E-state index in [1.807, 2.05) is 36.4 Å². The van der Waals surface area contributed by atoms with Crippen LogP contribution in [-0.4, -0.2) is 19.2 Å². The van der Waals surface area contributed by atoms with Crippen molar-refractivity contribution >= 4 is 23.6 Å². The van der Waals surface area contributed by atoms with E-state index in [-0.39, 0.29) is 12.4 Å². The number of hydrogen-bond acceptors (Lipinski definition) is 4. The molecule has 1 amide bonds. The van der Waals surface area contributed by atoms with Gasteiger partial charge in [-0.25, -0.2) is 0 Å². The van der Waals surface area contributed by atoms with Crippen molar-refractivity contribution in [2.75, 3.05) is 13.3 Å². The van der Waals surface area contributed by atoms with E-state index in [0.29, 0.717) is 35.1 Å². The molecule has 1 heterocycles. The van der Waals surface area contributed by atoms with Gasteiger partial charge in [-0.1, -0.05) is 41.9 Å². The van der Waals surface area contributed by atoms with Crippen molar-refractivity contribution < 1.29 is 14.3 Å². The monoisotopic (exact) mass is 354 g/mol. The predicted octanol–water partition coefficient (Wildman–Crippen LogP) is 3.33. The second-order valence-electron chi connectivity index (χ2n) is 5.40. The van der Waals surface area contributed by atoms with Crippen LogP contribution in [-0.2, 0) is 11.2 Å². The Kier molecular flexibility index (Phi) is 5.22. The lowest BCUT2D eigenvalue weighted by Crippen LogP contribution is -2.26. The lowest BCUT2D eigenvalue weighted by atomic mass is 10.1. The van der Waals surface area contributed by atoms with Crippen molar-refractivity contribution in [1.29, 1.82) is 5.26 Å². The summed E-state index contributed by atoms with van der Waals surface area (Å²) in [6.45, 7) is 0.553. The van der Waals surface area contributed by atoms with E-state index in [0.717, 1.165) is 5.56 Å². The van der Waals surface area contributed by atoms with Crippen molar-refractivity contribution in [3.05, 3.63) is 64.2 Å². The van der Waals surface area contributed by atoms with Crippen LogP contribution in [0.5, 0.6) is 11.5 Å². The molecule has 0 aliphatic carbocycles. The van der Waals surface area contributed by atoms with Gasteiger partial charge in [-0.2, -0.15) is 5.26 Å². The molecule has 0 saturated heterocycles. The summed E-state index contributed by atoms with van der Waals surface area (Å²) in [5.74, 6) is 0.553. The van der Waals surface area contributed by atoms with Gasteiger partial charge < -0.3 is 14.8 Å². The van der Waals surface area contributed by atoms with Crippen LogP contribution in [0.3, 0.4) is 0 Å². The molecule has 0 atom stereocenters. The smallest absolute Gasteiger partial charge is 0.261 e. The van der Waals surface area contributed by atoms with E-state index in [1.54, 1.807) is 12.1 Å². The van der Waals surface area contributed by atoms with Gasteiger partial charge in [-0.3, -0.25) is 4.79 Å².